The van der Waals surface area contributed by atoms with Gasteiger partial charge in [-0.15, -0.1) is 22.7 Å². The molecule has 0 fully saturated rings. The molecular weight excluding hydrogens is 569 g/mol. The molecule has 0 spiro atoms. The van der Waals surface area contributed by atoms with Crippen molar-refractivity contribution >= 4 is 49.6 Å². The molecule has 3 aromatic heterocycles. The van der Waals surface area contributed by atoms with E-state index in [9.17, 15) is 4.79 Å². The van der Waals surface area contributed by atoms with Gasteiger partial charge < -0.3 is 19.9 Å². The summed E-state index contributed by atoms with van der Waals surface area (Å²) < 4.78 is 16.8. The van der Waals surface area contributed by atoms with E-state index in [1.165, 1.54) is 22.7 Å². The molecule has 6 rings (SSSR count). The number of thiophene rings is 1. The van der Waals surface area contributed by atoms with E-state index in [1.54, 1.807) is 21.3 Å². The topological polar surface area (TPSA) is 109 Å². The molecule has 3 aromatic carbocycles. The largest absolute Gasteiger partial charge is 0.496 e. The zero-order valence-electron chi connectivity index (χ0n) is 23.0. The summed E-state index contributed by atoms with van der Waals surface area (Å²) in [5.74, 6) is 1.49. The average molecular weight is 595 g/mol. The van der Waals surface area contributed by atoms with E-state index in [2.05, 4.69) is 10.3 Å². The van der Waals surface area contributed by atoms with Gasteiger partial charge in [0, 0.05) is 33.0 Å². The Morgan fingerprint density at radius 2 is 1.50 bits per heavy atom. The number of pyridine rings is 1. The summed E-state index contributed by atoms with van der Waals surface area (Å²) in [7, 11) is 4.81. The first kappa shape index (κ1) is 27.3. The lowest BCUT2D eigenvalue weighted by molar-refractivity contribution is 0.103. The predicted octanol–water partition coefficient (Wildman–Crippen LogP) is 7.61. The number of para-hydroxylation sites is 2. The van der Waals surface area contributed by atoms with Crippen LogP contribution < -0.4 is 25.3 Å². The number of nitrogens with zero attached hydrogens (tertiary/aromatic N) is 2. The van der Waals surface area contributed by atoms with Crippen molar-refractivity contribution in [2.75, 3.05) is 32.4 Å². The molecule has 3 N–H and O–H groups in total. The SMILES string of the molecule is COc1ccccc1-c1csc(NC(=O)c2sc3nc(-c4ccccc4)cc(-c4cccc(OC)c4OC)c3c2N)n1. The lowest BCUT2D eigenvalue weighted by Crippen LogP contribution is -2.11. The van der Waals surface area contributed by atoms with Gasteiger partial charge in [-0.05, 0) is 24.3 Å². The van der Waals surface area contributed by atoms with Crippen LogP contribution in [0.2, 0.25) is 0 Å². The van der Waals surface area contributed by atoms with Gasteiger partial charge in [0.05, 0.1) is 38.4 Å². The third-order valence-corrected chi connectivity index (χ3v) is 8.63. The number of aromatic nitrogens is 2. The summed E-state index contributed by atoms with van der Waals surface area (Å²) in [6.45, 7) is 0. The van der Waals surface area contributed by atoms with Crippen molar-refractivity contribution in [2.45, 2.75) is 0 Å². The zero-order chi connectivity index (χ0) is 29.2. The Bertz CT molecular complexity index is 1920. The van der Waals surface area contributed by atoms with Crippen LogP contribution in [-0.4, -0.2) is 37.2 Å². The Hall–Kier alpha value is -4.93. The van der Waals surface area contributed by atoms with E-state index >= 15 is 0 Å². The number of carbonyl (C=O) groups excluding carboxylic acids is 1. The number of amides is 1. The zero-order valence-corrected chi connectivity index (χ0v) is 24.6. The van der Waals surface area contributed by atoms with Gasteiger partial charge in [0.25, 0.3) is 5.91 Å². The van der Waals surface area contributed by atoms with Crippen LogP contribution in [0, 0.1) is 0 Å². The van der Waals surface area contributed by atoms with Crippen LogP contribution in [0.5, 0.6) is 17.2 Å². The van der Waals surface area contributed by atoms with Gasteiger partial charge in [0.15, 0.2) is 16.6 Å². The number of methoxy groups -OCH3 is 3. The van der Waals surface area contributed by atoms with Crippen LogP contribution in [0.4, 0.5) is 10.8 Å². The van der Waals surface area contributed by atoms with E-state index in [4.69, 9.17) is 24.9 Å². The fraction of sp³-hybridized carbons (Fsp3) is 0.0938. The van der Waals surface area contributed by atoms with Crippen molar-refractivity contribution in [3.05, 3.63) is 89.1 Å². The molecule has 0 bridgehead atoms. The maximum atomic E-state index is 13.6. The molecule has 0 saturated heterocycles. The van der Waals surface area contributed by atoms with Crippen molar-refractivity contribution in [1.29, 1.82) is 0 Å². The van der Waals surface area contributed by atoms with Gasteiger partial charge in [-0.3, -0.25) is 10.1 Å². The molecule has 0 atom stereocenters. The second kappa shape index (κ2) is 11.5. The predicted molar refractivity (Wildman–Crippen MR) is 170 cm³/mol. The highest BCUT2D eigenvalue weighted by molar-refractivity contribution is 7.21. The number of fused-ring (bicyclic) bond motifs is 1. The Balaban J connectivity index is 1.45. The number of thiazole rings is 1. The highest BCUT2D eigenvalue weighted by Gasteiger charge is 2.24. The monoisotopic (exact) mass is 594 g/mol. The number of hydrogen-bond donors (Lipinski definition) is 2. The standard InChI is InChI=1S/C32H26N4O4S2/c1-38-24-14-8-7-12-20(24)23-17-41-32(35-23)36-30(37)29-27(33)26-21(19-13-9-15-25(39-2)28(19)40-3)16-22(34-31(26)42-29)18-10-5-4-6-11-18/h4-17H,33H2,1-3H3,(H,35,36,37). The molecule has 0 aliphatic rings. The molecule has 0 saturated carbocycles. The van der Waals surface area contributed by atoms with Crippen molar-refractivity contribution in [3.63, 3.8) is 0 Å². The van der Waals surface area contributed by atoms with E-state index in [-0.39, 0.29) is 5.91 Å². The van der Waals surface area contributed by atoms with Crippen LogP contribution in [0.25, 0.3) is 43.9 Å². The molecule has 3 heterocycles. The summed E-state index contributed by atoms with van der Waals surface area (Å²) in [5, 5.41) is 5.92. The molecule has 210 valence electrons. The lowest BCUT2D eigenvalue weighted by Gasteiger charge is -2.15. The van der Waals surface area contributed by atoms with E-state index in [1.807, 2.05) is 84.2 Å². The normalized spacial score (nSPS) is 10.9. The Morgan fingerprint density at radius 1 is 0.786 bits per heavy atom. The first-order valence-electron chi connectivity index (χ1n) is 12.9. The van der Waals surface area contributed by atoms with Crippen LogP contribution in [0.15, 0.2) is 84.2 Å². The number of benzene rings is 3. The minimum Gasteiger partial charge on any atom is -0.496 e. The summed E-state index contributed by atoms with van der Waals surface area (Å²) in [6, 6.07) is 25.1. The van der Waals surface area contributed by atoms with Crippen molar-refractivity contribution in [2.24, 2.45) is 0 Å². The second-order valence-electron chi connectivity index (χ2n) is 9.18. The van der Waals surface area contributed by atoms with Gasteiger partial charge >= 0.3 is 0 Å². The lowest BCUT2D eigenvalue weighted by atomic mass is 9.98. The molecule has 0 unspecified atom stereocenters. The smallest absolute Gasteiger partial charge is 0.269 e. The molecule has 42 heavy (non-hydrogen) atoms. The molecule has 6 aromatic rings. The number of rotatable bonds is 8. The minimum absolute atomic E-state index is 0.334. The summed E-state index contributed by atoms with van der Waals surface area (Å²) in [4.78, 5) is 24.1. The fourth-order valence-electron chi connectivity index (χ4n) is 4.82. The first-order valence-corrected chi connectivity index (χ1v) is 14.6. The van der Waals surface area contributed by atoms with Gasteiger partial charge in [0.1, 0.15) is 15.5 Å². The average Bonchev–Trinajstić information content (AvgIpc) is 3.64. The quantitative estimate of drug-likeness (QED) is 0.187. The summed E-state index contributed by atoms with van der Waals surface area (Å²) in [5.41, 5.74) is 11.9. The summed E-state index contributed by atoms with van der Waals surface area (Å²) in [6.07, 6.45) is 0. The van der Waals surface area contributed by atoms with Crippen LogP contribution in [0.1, 0.15) is 9.67 Å². The number of nitrogens with two attached hydrogens (primary N) is 1. The van der Waals surface area contributed by atoms with Gasteiger partial charge in [-0.1, -0.05) is 54.6 Å². The number of carbonyl (C=O) groups is 1. The molecule has 0 aliphatic carbocycles. The van der Waals surface area contributed by atoms with E-state index in [0.29, 0.717) is 48.9 Å². The van der Waals surface area contributed by atoms with Crippen molar-refractivity contribution in [3.8, 4) is 50.9 Å². The Labute approximate surface area is 250 Å². The van der Waals surface area contributed by atoms with Crippen LogP contribution in [0.3, 0.4) is 0 Å². The number of nitrogens with one attached hydrogen (secondary N) is 1. The highest BCUT2D eigenvalue weighted by Crippen LogP contribution is 2.46. The minimum atomic E-state index is -0.360. The van der Waals surface area contributed by atoms with Crippen LogP contribution in [-0.2, 0) is 0 Å². The molecule has 0 aliphatic heterocycles. The van der Waals surface area contributed by atoms with Crippen LogP contribution >= 0.6 is 22.7 Å². The van der Waals surface area contributed by atoms with Gasteiger partial charge in [0.2, 0.25) is 0 Å². The van der Waals surface area contributed by atoms with Gasteiger partial charge in [-0.2, -0.15) is 0 Å². The number of anilines is 2. The number of hydrogen-bond acceptors (Lipinski definition) is 9. The highest BCUT2D eigenvalue weighted by atomic mass is 32.1. The third-order valence-electron chi connectivity index (χ3n) is 6.78. The van der Waals surface area contributed by atoms with Crippen molar-refractivity contribution in [1.82, 2.24) is 9.97 Å². The summed E-state index contributed by atoms with van der Waals surface area (Å²) >= 11 is 2.57. The first-order chi connectivity index (χ1) is 20.5. The van der Waals surface area contributed by atoms with Gasteiger partial charge in [-0.25, -0.2) is 9.97 Å². The molecule has 8 nitrogen and oxygen atoms in total. The molecule has 0 radical (unpaired) electrons. The number of nitrogen functional groups attached to an aromatic ring is 1. The Kier molecular flexibility index (Phi) is 7.47. The fourth-order valence-corrected chi connectivity index (χ4v) is 6.54. The second-order valence-corrected chi connectivity index (χ2v) is 11.0. The molecule has 1 amide bonds. The number of ether oxygens (including phenoxy) is 3. The van der Waals surface area contributed by atoms with Crippen molar-refractivity contribution < 1.29 is 19.0 Å². The van der Waals surface area contributed by atoms with E-state index < -0.39 is 0 Å². The Morgan fingerprint density at radius 3 is 2.26 bits per heavy atom. The third kappa shape index (κ3) is 4.91. The maximum absolute atomic E-state index is 13.6. The van der Waals surface area contributed by atoms with E-state index in [0.717, 1.165) is 27.9 Å². The maximum Gasteiger partial charge on any atom is 0.269 e. The molecule has 10 heteroatoms. The molecular formula is C32H26N4O4S2.